The van der Waals surface area contributed by atoms with Crippen molar-refractivity contribution < 1.29 is 0 Å². The minimum absolute atomic E-state index is 0.215. The molecule has 0 aromatic carbocycles. The molecular weight excluding hydrogens is 164 g/mol. The number of H-pyrrole nitrogens is 2. The van der Waals surface area contributed by atoms with Gasteiger partial charge in [0.25, 0.3) is 0 Å². The number of hydrogen-bond donors (Lipinski definition) is 4. The van der Waals surface area contributed by atoms with E-state index in [0.29, 0.717) is 6.54 Å². The Bertz CT molecular complexity index is 301. The third-order valence-electron chi connectivity index (χ3n) is 1.10. The highest BCUT2D eigenvalue weighted by molar-refractivity contribution is 7.80. The molecule has 0 amide bonds. The molecule has 0 saturated heterocycles. The molecule has 5 N–H and O–H groups in total. The van der Waals surface area contributed by atoms with E-state index in [-0.39, 0.29) is 10.8 Å². The van der Waals surface area contributed by atoms with E-state index in [0.717, 1.165) is 5.69 Å². The third-order valence-corrected chi connectivity index (χ3v) is 1.25. The molecule has 60 valence electrons. The van der Waals surface area contributed by atoms with E-state index in [9.17, 15) is 4.79 Å². The van der Waals surface area contributed by atoms with Crippen molar-refractivity contribution in [2.45, 2.75) is 6.54 Å². The monoisotopic (exact) mass is 172 g/mol. The van der Waals surface area contributed by atoms with Gasteiger partial charge in [-0.05, 0) is 12.2 Å². The van der Waals surface area contributed by atoms with Crippen molar-refractivity contribution in [3.63, 3.8) is 0 Å². The molecule has 1 rings (SSSR count). The van der Waals surface area contributed by atoms with Crippen molar-refractivity contribution in [2.75, 3.05) is 0 Å². The lowest BCUT2D eigenvalue weighted by atomic mass is 10.5. The van der Waals surface area contributed by atoms with E-state index >= 15 is 0 Å². The molecular formula is C5H8N4OS. The molecule has 0 radical (unpaired) electrons. The van der Waals surface area contributed by atoms with Gasteiger partial charge in [0.15, 0.2) is 5.11 Å². The number of aromatic amines is 2. The molecule has 1 aromatic rings. The van der Waals surface area contributed by atoms with Gasteiger partial charge in [0.05, 0.1) is 12.2 Å². The van der Waals surface area contributed by atoms with Crippen molar-refractivity contribution in [3.05, 3.63) is 22.4 Å². The summed E-state index contributed by atoms with van der Waals surface area (Å²) < 4.78 is 0. The third kappa shape index (κ3) is 2.42. The molecule has 11 heavy (non-hydrogen) atoms. The maximum absolute atomic E-state index is 10.5. The van der Waals surface area contributed by atoms with Crippen LogP contribution < -0.4 is 16.7 Å². The normalized spacial score (nSPS) is 9.45. The van der Waals surface area contributed by atoms with E-state index in [2.05, 4.69) is 27.5 Å². The molecule has 0 bridgehead atoms. The zero-order valence-electron chi connectivity index (χ0n) is 5.68. The first-order chi connectivity index (χ1) is 5.18. The van der Waals surface area contributed by atoms with Gasteiger partial charge in [-0.1, -0.05) is 0 Å². The van der Waals surface area contributed by atoms with Crippen LogP contribution in [0.4, 0.5) is 0 Å². The van der Waals surface area contributed by atoms with Crippen molar-refractivity contribution in [1.29, 1.82) is 0 Å². The first-order valence-electron chi connectivity index (χ1n) is 2.98. The summed E-state index contributed by atoms with van der Waals surface area (Å²) >= 11 is 4.57. The summed E-state index contributed by atoms with van der Waals surface area (Å²) in [5.41, 5.74) is 5.66. The molecule has 0 aliphatic carbocycles. The van der Waals surface area contributed by atoms with Crippen LogP contribution in [0.15, 0.2) is 11.0 Å². The Kier molecular flexibility index (Phi) is 2.27. The second-order valence-corrected chi connectivity index (χ2v) is 2.43. The molecule has 0 spiro atoms. The van der Waals surface area contributed by atoms with Crippen LogP contribution in [0.25, 0.3) is 0 Å². The van der Waals surface area contributed by atoms with Crippen LogP contribution in [0.1, 0.15) is 5.69 Å². The average Bonchev–Trinajstić information content (AvgIpc) is 2.31. The molecule has 0 aliphatic heterocycles. The number of hydrogen-bond acceptors (Lipinski definition) is 2. The van der Waals surface area contributed by atoms with E-state index in [1.54, 1.807) is 6.20 Å². The predicted octanol–water partition coefficient (Wildman–Crippen LogP) is -0.964. The molecule has 0 unspecified atom stereocenters. The fourth-order valence-electron chi connectivity index (χ4n) is 0.648. The summed E-state index contributed by atoms with van der Waals surface area (Å²) in [7, 11) is 0. The fourth-order valence-corrected chi connectivity index (χ4v) is 0.720. The Hall–Kier alpha value is -1.30. The maximum atomic E-state index is 10.5. The summed E-state index contributed by atoms with van der Waals surface area (Å²) in [6.45, 7) is 0.439. The molecule has 0 aliphatic rings. The summed E-state index contributed by atoms with van der Waals surface area (Å²) in [5, 5.41) is 2.91. The highest BCUT2D eigenvalue weighted by atomic mass is 32.1. The first-order valence-corrected chi connectivity index (χ1v) is 3.39. The van der Waals surface area contributed by atoms with Gasteiger partial charge in [0, 0.05) is 6.20 Å². The molecule has 1 heterocycles. The molecule has 1 aromatic heterocycles. The number of rotatable bonds is 2. The zero-order valence-corrected chi connectivity index (χ0v) is 6.49. The van der Waals surface area contributed by atoms with Crippen molar-refractivity contribution in [2.24, 2.45) is 5.73 Å². The highest BCUT2D eigenvalue weighted by Gasteiger charge is 1.93. The van der Waals surface area contributed by atoms with Gasteiger partial charge in [0.1, 0.15) is 0 Å². The van der Waals surface area contributed by atoms with Crippen LogP contribution >= 0.6 is 12.2 Å². The number of nitrogens with one attached hydrogen (secondary N) is 3. The van der Waals surface area contributed by atoms with Crippen molar-refractivity contribution >= 4 is 17.3 Å². The molecule has 6 heteroatoms. The molecule has 5 nitrogen and oxygen atoms in total. The second kappa shape index (κ2) is 3.20. The lowest BCUT2D eigenvalue weighted by Crippen LogP contribution is -2.28. The zero-order chi connectivity index (χ0) is 8.27. The van der Waals surface area contributed by atoms with E-state index < -0.39 is 0 Å². The quantitative estimate of drug-likeness (QED) is 0.433. The number of thiocarbonyl (C=S) groups is 1. The van der Waals surface area contributed by atoms with Gasteiger partial charge in [-0.3, -0.25) is 0 Å². The van der Waals surface area contributed by atoms with Crippen molar-refractivity contribution in [3.8, 4) is 0 Å². The maximum Gasteiger partial charge on any atom is 0.323 e. The van der Waals surface area contributed by atoms with Crippen LogP contribution in [0, 0.1) is 0 Å². The summed E-state index contributed by atoms with van der Waals surface area (Å²) in [6.07, 6.45) is 1.56. The Balaban J connectivity index is 2.51. The predicted molar refractivity (Wildman–Crippen MR) is 45.0 cm³/mol. The topological polar surface area (TPSA) is 86.7 Å². The number of nitrogens with two attached hydrogens (primary N) is 1. The van der Waals surface area contributed by atoms with Crippen LogP contribution in [0.5, 0.6) is 0 Å². The highest BCUT2D eigenvalue weighted by Crippen LogP contribution is 1.84. The fraction of sp³-hybridized carbons (Fsp3) is 0.200. The summed E-state index contributed by atoms with van der Waals surface area (Å²) in [5.74, 6) is 0. The second-order valence-electron chi connectivity index (χ2n) is 1.99. The SMILES string of the molecule is NC(=S)NCc1c[nH]c(=O)[nH]1. The largest absolute Gasteiger partial charge is 0.376 e. The van der Waals surface area contributed by atoms with Crippen molar-refractivity contribution in [1.82, 2.24) is 15.3 Å². The molecule has 0 atom stereocenters. The van der Waals surface area contributed by atoms with Gasteiger partial charge in [-0.25, -0.2) is 4.79 Å². The Morgan fingerprint density at radius 1 is 1.82 bits per heavy atom. The molecule has 0 saturated carbocycles. The number of imidazole rings is 1. The van der Waals surface area contributed by atoms with Gasteiger partial charge in [-0.15, -0.1) is 0 Å². The lowest BCUT2D eigenvalue weighted by molar-refractivity contribution is 0.884. The Labute approximate surface area is 68.0 Å². The minimum Gasteiger partial charge on any atom is -0.376 e. The minimum atomic E-state index is -0.232. The lowest BCUT2D eigenvalue weighted by Gasteiger charge is -1.98. The van der Waals surface area contributed by atoms with Gasteiger partial charge >= 0.3 is 5.69 Å². The molecule has 0 fully saturated rings. The van der Waals surface area contributed by atoms with E-state index in [1.165, 1.54) is 0 Å². The van der Waals surface area contributed by atoms with Crippen LogP contribution in [0.3, 0.4) is 0 Å². The van der Waals surface area contributed by atoms with Crippen LogP contribution in [0.2, 0.25) is 0 Å². The Morgan fingerprint density at radius 2 is 2.55 bits per heavy atom. The van der Waals surface area contributed by atoms with E-state index in [4.69, 9.17) is 5.73 Å². The van der Waals surface area contributed by atoms with Gasteiger partial charge in [0.2, 0.25) is 0 Å². The average molecular weight is 172 g/mol. The van der Waals surface area contributed by atoms with Gasteiger partial charge in [-0.2, -0.15) is 0 Å². The summed E-state index contributed by atoms with van der Waals surface area (Å²) in [6, 6.07) is 0. The number of aromatic nitrogens is 2. The smallest absolute Gasteiger partial charge is 0.323 e. The van der Waals surface area contributed by atoms with E-state index in [1.807, 2.05) is 0 Å². The standard InChI is InChI=1S/C5H8N4OS/c6-4(11)7-1-3-2-8-5(10)9-3/h2H,1H2,(H3,6,7,11)(H2,8,9,10). The van der Waals surface area contributed by atoms with Gasteiger partial charge < -0.3 is 21.0 Å². The van der Waals surface area contributed by atoms with Crippen LogP contribution in [-0.4, -0.2) is 15.1 Å². The first kappa shape index (κ1) is 7.80. The Morgan fingerprint density at radius 3 is 3.00 bits per heavy atom. The van der Waals surface area contributed by atoms with Crippen LogP contribution in [-0.2, 0) is 6.54 Å². The summed E-state index contributed by atoms with van der Waals surface area (Å²) in [4.78, 5) is 15.5.